The van der Waals surface area contributed by atoms with Crippen molar-refractivity contribution in [2.45, 2.75) is 6.04 Å². The Kier molecular flexibility index (Phi) is 2.60. The fourth-order valence-electron chi connectivity index (χ4n) is 1.56. The summed E-state index contributed by atoms with van der Waals surface area (Å²) in [4.78, 5) is 3.59. The Hall–Kier alpha value is -1.20. The van der Waals surface area contributed by atoms with E-state index in [0.717, 1.165) is 25.2 Å². The number of nitrogens with zero attached hydrogens (tertiary/aromatic N) is 1. The summed E-state index contributed by atoms with van der Waals surface area (Å²) in [6, 6.07) is 1.81. The summed E-state index contributed by atoms with van der Waals surface area (Å²) in [5.41, 5.74) is 6.47. The molecular weight excluding hydrogens is 183 g/mol. The van der Waals surface area contributed by atoms with Crippen LogP contribution in [0, 0.1) is 5.95 Å². The van der Waals surface area contributed by atoms with E-state index < -0.39 is 5.95 Å². The molecule has 1 atom stereocenters. The topological polar surface area (TPSA) is 63.0 Å². The zero-order chi connectivity index (χ0) is 9.97. The number of nitrogens with two attached hydrogens (primary N) is 1. The zero-order valence-electron chi connectivity index (χ0n) is 7.76. The molecule has 14 heavy (non-hydrogen) atoms. The standard InChI is InChI=1S/C9H13FN4/c10-9-7(11)3-6(4-14-9)8-5-12-1-2-13-8/h3-4,8,12-13H,1-2,5,11H2/t8-/m1/s1. The van der Waals surface area contributed by atoms with E-state index in [9.17, 15) is 4.39 Å². The predicted molar refractivity (Wildman–Crippen MR) is 52.2 cm³/mol. The molecule has 0 bridgehead atoms. The van der Waals surface area contributed by atoms with Crippen LogP contribution in [0.5, 0.6) is 0 Å². The molecule has 0 aliphatic carbocycles. The lowest BCUT2D eigenvalue weighted by Gasteiger charge is -2.24. The van der Waals surface area contributed by atoms with Gasteiger partial charge in [-0.1, -0.05) is 0 Å². The van der Waals surface area contributed by atoms with Crippen LogP contribution < -0.4 is 16.4 Å². The van der Waals surface area contributed by atoms with Gasteiger partial charge in [-0.25, -0.2) is 4.98 Å². The number of nitrogens with one attached hydrogen (secondary N) is 2. The van der Waals surface area contributed by atoms with E-state index in [1.807, 2.05) is 0 Å². The molecule has 0 aromatic carbocycles. The van der Waals surface area contributed by atoms with Crippen molar-refractivity contribution in [1.82, 2.24) is 15.6 Å². The molecule has 5 heteroatoms. The van der Waals surface area contributed by atoms with Gasteiger partial charge in [0, 0.05) is 31.9 Å². The molecule has 0 unspecified atom stereocenters. The number of piperazine rings is 1. The van der Waals surface area contributed by atoms with Gasteiger partial charge in [-0.05, 0) is 11.6 Å². The van der Waals surface area contributed by atoms with Crippen molar-refractivity contribution < 1.29 is 4.39 Å². The van der Waals surface area contributed by atoms with E-state index in [1.54, 1.807) is 6.07 Å². The largest absolute Gasteiger partial charge is 0.395 e. The van der Waals surface area contributed by atoms with Gasteiger partial charge in [-0.15, -0.1) is 0 Å². The van der Waals surface area contributed by atoms with Gasteiger partial charge in [-0.2, -0.15) is 4.39 Å². The summed E-state index contributed by atoms with van der Waals surface area (Å²) in [5, 5.41) is 6.54. The summed E-state index contributed by atoms with van der Waals surface area (Å²) in [6.45, 7) is 2.69. The van der Waals surface area contributed by atoms with Gasteiger partial charge in [0.1, 0.15) is 0 Å². The minimum absolute atomic E-state index is 0.106. The van der Waals surface area contributed by atoms with Crippen molar-refractivity contribution >= 4 is 5.69 Å². The Balaban J connectivity index is 2.18. The Morgan fingerprint density at radius 1 is 1.50 bits per heavy atom. The Bertz CT molecular complexity index is 323. The first kappa shape index (κ1) is 9.36. The number of hydrogen-bond donors (Lipinski definition) is 3. The third kappa shape index (κ3) is 1.83. The average Bonchev–Trinajstić information content (AvgIpc) is 2.23. The maximum atomic E-state index is 12.8. The molecule has 0 saturated carbocycles. The van der Waals surface area contributed by atoms with E-state index in [0.29, 0.717) is 0 Å². The van der Waals surface area contributed by atoms with Crippen molar-refractivity contribution in [2.24, 2.45) is 0 Å². The van der Waals surface area contributed by atoms with Crippen LogP contribution in [0.2, 0.25) is 0 Å². The van der Waals surface area contributed by atoms with Crippen LogP contribution in [0.4, 0.5) is 10.1 Å². The summed E-state index contributed by atoms with van der Waals surface area (Å²) in [7, 11) is 0. The molecule has 4 nitrogen and oxygen atoms in total. The quantitative estimate of drug-likeness (QED) is 0.555. The van der Waals surface area contributed by atoms with Crippen molar-refractivity contribution in [1.29, 1.82) is 0 Å². The van der Waals surface area contributed by atoms with Gasteiger partial charge >= 0.3 is 0 Å². The van der Waals surface area contributed by atoms with E-state index in [4.69, 9.17) is 5.73 Å². The van der Waals surface area contributed by atoms with Crippen molar-refractivity contribution in [2.75, 3.05) is 25.4 Å². The van der Waals surface area contributed by atoms with E-state index in [1.165, 1.54) is 6.20 Å². The zero-order valence-corrected chi connectivity index (χ0v) is 7.76. The Morgan fingerprint density at radius 3 is 3.00 bits per heavy atom. The predicted octanol–water partition coefficient (Wildman–Crippen LogP) is 0.0368. The number of pyridine rings is 1. The van der Waals surface area contributed by atoms with Crippen LogP contribution >= 0.6 is 0 Å². The molecule has 1 aliphatic rings. The van der Waals surface area contributed by atoms with Gasteiger partial charge in [0.15, 0.2) is 0 Å². The Labute approximate surface area is 81.7 Å². The van der Waals surface area contributed by atoms with Crippen molar-refractivity contribution in [3.8, 4) is 0 Å². The molecule has 0 radical (unpaired) electrons. The number of nitrogen functional groups attached to an aromatic ring is 1. The lowest BCUT2D eigenvalue weighted by Crippen LogP contribution is -2.42. The molecule has 1 aromatic heterocycles. The average molecular weight is 196 g/mol. The molecule has 0 spiro atoms. The highest BCUT2D eigenvalue weighted by Gasteiger charge is 2.15. The Morgan fingerprint density at radius 2 is 2.36 bits per heavy atom. The minimum atomic E-state index is -0.600. The number of hydrogen-bond acceptors (Lipinski definition) is 4. The fraction of sp³-hybridized carbons (Fsp3) is 0.444. The first-order valence-electron chi connectivity index (χ1n) is 4.62. The molecular formula is C9H13FN4. The van der Waals surface area contributed by atoms with Crippen molar-refractivity contribution in [3.05, 3.63) is 23.8 Å². The fourth-order valence-corrected chi connectivity index (χ4v) is 1.56. The second-order valence-corrected chi connectivity index (χ2v) is 3.36. The monoisotopic (exact) mass is 196 g/mol. The second-order valence-electron chi connectivity index (χ2n) is 3.36. The molecule has 1 aliphatic heterocycles. The maximum Gasteiger partial charge on any atom is 0.236 e. The molecule has 4 N–H and O–H groups in total. The third-order valence-corrected chi connectivity index (χ3v) is 2.33. The van der Waals surface area contributed by atoms with Crippen LogP contribution in [-0.2, 0) is 0 Å². The SMILES string of the molecule is Nc1cc([C@H]2CNCCN2)cnc1F. The first-order valence-corrected chi connectivity index (χ1v) is 4.62. The molecule has 2 rings (SSSR count). The lowest BCUT2D eigenvalue weighted by atomic mass is 10.1. The highest BCUT2D eigenvalue weighted by Crippen LogP contribution is 2.16. The lowest BCUT2D eigenvalue weighted by molar-refractivity contribution is 0.428. The van der Waals surface area contributed by atoms with Gasteiger partial charge in [0.05, 0.1) is 5.69 Å². The minimum Gasteiger partial charge on any atom is -0.395 e. The normalized spacial score (nSPS) is 22.2. The van der Waals surface area contributed by atoms with Crippen LogP contribution in [0.25, 0.3) is 0 Å². The van der Waals surface area contributed by atoms with E-state index >= 15 is 0 Å². The van der Waals surface area contributed by atoms with Gasteiger partial charge in [0.25, 0.3) is 0 Å². The summed E-state index contributed by atoms with van der Waals surface area (Å²) in [6.07, 6.45) is 1.52. The summed E-state index contributed by atoms with van der Waals surface area (Å²) >= 11 is 0. The first-order chi connectivity index (χ1) is 6.77. The number of aromatic nitrogens is 1. The van der Waals surface area contributed by atoms with Crippen molar-refractivity contribution in [3.63, 3.8) is 0 Å². The highest BCUT2D eigenvalue weighted by atomic mass is 19.1. The number of halogens is 1. The van der Waals surface area contributed by atoms with E-state index in [2.05, 4.69) is 15.6 Å². The maximum absolute atomic E-state index is 12.8. The second kappa shape index (κ2) is 3.89. The van der Waals surface area contributed by atoms with Crippen LogP contribution in [0.3, 0.4) is 0 Å². The number of anilines is 1. The van der Waals surface area contributed by atoms with Gasteiger partial charge in [0.2, 0.25) is 5.95 Å². The molecule has 76 valence electrons. The summed E-state index contributed by atoms with van der Waals surface area (Å²) in [5.74, 6) is -0.600. The van der Waals surface area contributed by atoms with Crippen LogP contribution in [-0.4, -0.2) is 24.6 Å². The van der Waals surface area contributed by atoms with Gasteiger partial charge < -0.3 is 16.4 Å². The van der Waals surface area contributed by atoms with Gasteiger partial charge in [-0.3, -0.25) is 0 Å². The molecule has 1 saturated heterocycles. The van der Waals surface area contributed by atoms with Crippen LogP contribution in [0.1, 0.15) is 11.6 Å². The molecule has 1 fully saturated rings. The highest BCUT2D eigenvalue weighted by molar-refractivity contribution is 5.39. The van der Waals surface area contributed by atoms with E-state index in [-0.39, 0.29) is 11.7 Å². The molecule has 2 heterocycles. The molecule has 0 amide bonds. The smallest absolute Gasteiger partial charge is 0.236 e. The van der Waals surface area contributed by atoms with Crippen LogP contribution in [0.15, 0.2) is 12.3 Å². The number of rotatable bonds is 1. The summed E-state index contributed by atoms with van der Waals surface area (Å²) < 4.78 is 12.8. The molecule has 1 aromatic rings. The third-order valence-electron chi connectivity index (χ3n) is 2.33.